The maximum absolute atomic E-state index is 12.9. The number of amides is 1. The first-order valence-electron chi connectivity index (χ1n) is 9.37. The molecule has 0 aromatic carbocycles. The third-order valence-electron chi connectivity index (χ3n) is 5.69. The van der Waals surface area contributed by atoms with Gasteiger partial charge in [-0.25, -0.2) is 0 Å². The second-order valence-electron chi connectivity index (χ2n) is 8.71. The molecule has 0 atom stereocenters. The average Bonchev–Trinajstić information content (AvgIpc) is 3.41. The van der Waals surface area contributed by atoms with Crippen molar-refractivity contribution in [2.75, 3.05) is 6.54 Å². The van der Waals surface area contributed by atoms with Gasteiger partial charge in [-0.3, -0.25) is 9.59 Å². The van der Waals surface area contributed by atoms with E-state index < -0.39 is 0 Å². The normalized spacial score (nSPS) is 22.1. The van der Waals surface area contributed by atoms with Gasteiger partial charge in [0.15, 0.2) is 0 Å². The molecule has 0 spiro atoms. The van der Waals surface area contributed by atoms with Crippen molar-refractivity contribution in [1.82, 2.24) is 5.32 Å². The molecule has 1 heterocycles. The molecule has 2 saturated carbocycles. The van der Waals surface area contributed by atoms with Crippen molar-refractivity contribution in [3.8, 4) is 0 Å². The number of ketones is 1. The van der Waals surface area contributed by atoms with E-state index in [1.54, 1.807) is 11.3 Å². The highest BCUT2D eigenvalue weighted by Crippen LogP contribution is 2.42. The number of rotatable bonds is 6. The molecule has 1 amide bonds. The number of carbonyl (C=O) groups excluding carboxylic acids is 2. The van der Waals surface area contributed by atoms with Crippen molar-refractivity contribution in [3.05, 3.63) is 20.9 Å². The summed E-state index contributed by atoms with van der Waals surface area (Å²) in [7, 11) is 0. The van der Waals surface area contributed by atoms with Gasteiger partial charge < -0.3 is 5.32 Å². The van der Waals surface area contributed by atoms with Crippen LogP contribution in [0.5, 0.6) is 0 Å². The summed E-state index contributed by atoms with van der Waals surface area (Å²) in [6, 6.07) is 0. The van der Waals surface area contributed by atoms with Crippen molar-refractivity contribution in [1.29, 1.82) is 0 Å². The van der Waals surface area contributed by atoms with Crippen molar-refractivity contribution in [2.45, 2.75) is 65.2 Å². The molecule has 1 aromatic heterocycles. The molecule has 0 saturated heterocycles. The van der Waals surface area contributed by atoms with Crippen LogP contribution >= 0.6 is 11.3 Å². The minimum atomic E-state index is 0.0655. The summed E-state index contributed by atoms with van der Waals surface area (Å²) in [4.78, 5) is 27.6. The van der Waals surface area contributed by atoms with Crippen LogP contribution in [0, 0.1) is 17.3 Å². The second kappa shape index (κ2) is 5.98. The Labute approximate surface area is 148 Å². The van der Waals surface area contributed by atoms with E-state index in [1.165, 1.54) is 29.7 Å². The summed E-state index contributed by atoms with van der Waals surface area (Å²) < 4.78 is 0. The average molecular weight is 346 g/mol. The summed E-state index contributed by atoms with van der Waals surface area (Å²) in [6.45, 7) is 5.37. The fraction of sp³-hybridized carbons (Fsp3) is 0.700. The summed E-state index contributed by atoms with van der Waals surface area (Å²) >= 11 is 1.73. The van der Waals surface area contributed by atoms with Crippen LogP contribution in [-0.4, -0.2) is 18.2 Å². The number of thiophene rings is 1. The van der Waals surface area contributed by atoms with Gasteiger partial charge >= 0.3 is 0 Å². The van der Waals surface area contributed by atoms with Crippen molar-refractivity contribution < 1.29 is 9.59 Å². The highest BCUT2D eigenvalue weighted by molar-refractivity contribution is 7.12. The number of fused-ring (bicyclic) bond motifs is 1. The van der Waals surface area contributed by atoms with Crippen molar-refractivity contribution in [2.24, 2.45) is 17.3 Å². The SMILES string of the molecule is CC1(C)CCc2sc(CC(=O)C3CC3)c(C(=O)NCC3CC3)c2C1. The van der Waals surface area contributed by atoms with E-state index in [4.69, 9.17) is 0 Å². The van der Waals surface area contributed by atoms with Gasteiger partial charge in [0.25, 0.3) is 5.91 Å². The van der Waals surface area contributed by atoms with Gasteiger partial charge in [0.2, 0.25) is 0 Å². The highest BCUT2D eigenvalue weighted by atomic mass is 32.1. The Balaban J connectivity index is 1.62. The van der Waals surface area contributed by atoms with Gasteiger partial charge in [0.1, 0.15) is 5.78 Å². The first-order valence-corrected chi connectivity index (χ1v) is 10.2. The summed E-state index contributed by atoms with van der Waals surface area (Å²) in [6.07, 6.45) is 8.20. The number of hydrogen-bond acceptors (Lipinski definition) is 3. The fourth-order valence-electron chi connectivity index (χ4n) is 3.72. The van der Waals surface area contributed by atoms with Gasteiger partial charge in [0, 0.05) is 28.6 Å². The Kier molecular flexibility index (Phi) is 4.06. The Hall–Kier alpha value is -1.16. The standard InChI is InChI=1S/C20H27NO2S/c1-20(2)8-7-16-14(10-20)18(19(23)21-11-12-3-4-12)17(24-16)9-15(22)13-5-6-13/h12-13H,3-11H2,1-2H3,(H,21,23). The third kappa shape index (κ3) is 3.44. The van der Waals surface area contributed by atoms with Crippen LogP contribution in [0.3, 0.4) is 0 Å². The summed E-state index contributed by atoms with van der Waals surface area (Å²) in [5, 5.41) is 3.14. The molecule has 24 heavy (non-hydrogen) atoms. The van der Waals surface area contributed by atoms with Crippen LogP contribution in [0.25, 0.3) is 0 Å². The molecule has 0 bridgehead atoms. The topological polar surface area (TPSA) is 46.2 Å². The molecule has 1 aromatic rings. The first-order chi connectivity index (χ1) is 11.4. The number of carbonyl (C=O) groups is 2. The predicted octanol–water partition coefficient (Wildman–Crippen LogP) is 3.92. The molecule has 0 aliphatic heterocycles. The smallest absolute Gasteiger partial charge is 0.252 e. The molecule has 130 valence electrons. The van der Waals surface area contributed by atoms with Gasteiger partial charge in [-0.1, -0.05) is 13.8 Å². The molecular formula is C20H27NO2S. The van der Waals surface area contributed by atoms with E-state index in [2.05, 4.69) is 19.2 Å². The van der Waals surface area contributed by atoms with Crippen LogP contribution < -0.4 is 5.32 Å². The second-order valence-corrected chi connectivity index (χ2v) is 9.90. The Bertz CT molecular complexity index is 680. The monoisotopic (exact) mass is 345 g/mol. The zero-order valence-corrected chi connectivity index (χ0v) is 15.6. The van der Waals surface area contributed by atoms with E-state index in [1.807, 2.05) is 0 Å². The molecule has 3 nitrogen and oxygen atoms in total. The lowest BCUT2D eigenvalue weighted by atomic mass is 9.76. The quantitative estimate of drug-likeness (QED) is 0.849. The zero-order chi connectivity index (χ0) is 16.9. The zero-order valence-electron chi connectivity index (χ0n) is 14.7. The van der Waals surface area contributed by atoms with Crippen LogP contribution in [0.1, 0.15) is 71.6 Å². The number of nitrogens with one attached hydrogen (secondary N) is 1. The van der Waals surface area contributed by atoms with Crippen LogP contribution in [0.4, 0.5) is 0 Å². The first kappa shape index (κ1) is 16.3. The Morgan fingerprint density at radius 1 is 1.21 bits per heavy atom. The van der Waals surface area contributed by atoms with Crippen LogP contribution in [0.15, 0.2) is 0 Å². The maximum atomic E-state index is 12.9. The van der Waals surface area contributed by atoms with Crippen LogP contribution in [0.2, 0.25) is 0 Å². The largest absolute Gasteiger partial charge is 0.352 e. The van der Waals surface area contributed by atoms with E-state index in [-0.39, 0.29) is 17.2 Å². The van der Waals surface area contributed by atoms with Crippen molar-refractivity contribution >= 4 is 23.0 Å². The molecule has 0 unspecified atom stereocenters. The number of aryl methyl sites for hydroxylation is 1. The molecule has 4 rings (SSSR count). The molecule has 4 heteroatoms. The molecule has 3 aliphatic rings. The summed E-state index contributed by atoms with van der Waals surface area (Å²) in [5.41, 5.74) is 2.35. The van der Waals surface area contributed by atoms with E-state index >= 15 is 0 Å². The molecule has 2 fully saturated rings. The molecule has 3 aliphatic carbocycles. The molecular weight excluding hydrogens is 318 g/mol. The van der Waals surface area contributed by atoms with E-state index in [0.717, 1.165) is 42.7 Å². The van der Waals surface area contributed by atoms with Gasteiger partial charge in [-0.15, -0.1) is 11.3 Å². The van der Waals surface area contributed by atoms with E-state index in [0.29, 0.717) is 18.1 Å². The molecule has 0 radical (unpaired) electrons. The predicted molar refractivity (Wildman–Crippen MR) is 96.6 cm³/mol. The minimum absolute atomic E-state index is 0.0655. The number of Topliss-reactive ketones (excluding diaryl/α,β-unsaturated/α-hetero) is 1. The van der Waals surface area contributed by atoms with Gasteiger partial charge in [-0.05, 0) is 61.8 Å². The lowest BCUT2D eigenvalue weighted by Gasteiger charge is -2.30. The number of hydrogen-bond donors (Lipinski definition) is 1. The third-order valence-corrected chi connectivity index (χ3v) is 6.98. The molecule has 1 N–H and O–H groups in total. The Morgan fingerprint density at radius 3 is 2.62 bits per heavy atom. The fourth-order valence-corrected chi connectivity index (χ4v) is 5.05. The lowest BCUT2D eigenvalue weighted by Crippen LogP contribution is -2.29. The van der Waals surface area contributed by atoms with Gasteiger partial charge in [0.05, 0.1) is 5.56 Å². The van der Waals surface area contributed by atoms with Crippen molar-refractivity contribution in [3.63, 3.8) is 0 Å². The summed E-state index contributed by atoms with van der Waals surface area (Å²) in [5.74, 6) is 1.35. The maximum Gasteiger partial charge on any atom is 0.252 e. The van der Waals surface area contributed by atoms with E-state index in [9.17, 15) is 9.59 Å². The Morgan fingerprint density at radius 2 is 1.96 bits per heavy atom. The highest BCUT2D eigenvalue weighted by Gasteiger charge is 2.35. The van der Waals surface area contributed by atoms with Gasteiger partial charge in [-0.2, -0.15) is 0 Å². The van der Waals surface area contributed by atoms with Crippen LogP contribution in [-0.2, 0) is 24.1 Å². The lowest BCUT2D eigenvalue weighted by molar-refractivity contribution is -0.119. The minimum Gasteiger partial charge on any atom is -0.352 e.